The van der Waals surface area contributed by atoms with E-state index in [0.29, 0.717) is 34.9 Å². The maximum atomic E-state index is 13.3. The molecule has 1 amide bonds. The number of carbonyl (C=O) groups excluding carboxylic acids is 1. The molecule has 1 heterocycles. The zero-order chi connectivity index (χ0) is 28.9. The van der Waals surface area contributed by atoms with Crippen LogP contribution in [0.2, 0.25) is 0 Å². The maximum Gasteiger partial charge on any atom is 0.255 e. The number of fused-ring (bicyclic) bond motifs is 1. The van der Waals surface area contributed by atoms with E-state index in [2.05, 4.69) is 17.0 Å². The minimum absolute atomic E-state index is 0.0911. The van der Waals surface area contributed by atoms with E-state index in [1.807, 2.05) is 19.1 Å². The molecule has 8 nitrogen and oxygen atoms in total. The summed E-state index contributed by atoms with van der Waals surface area (Å²) < 4.78 is 41.1. The Balaban J connectivity index is 1.58. The molecule has 1 aliphatic heterocycles. The van der Waals surface area contributed by atoms with Crippen molar-refractivity contribution in [2.45, 2.75) is 76.0 Å². The lowest BCUT2D eigenvalue weighted by atomic mass is 9.86. The molecule has 1 aliphatic rings. The van der Waals surface area contributed by atoms with Crippen molar-refractivity contribution < 1.29 is 27.8 Å². The number of carbonyl (C=O) groups is 1. The molecule has 4 rings (SSSR count). The molecule has 3 aromatic rings. The summed E-state index contributed by atoms with van der Waals surface area (Å²) in [5.41, 5.74) is 1.18. The average Bonchev–Trinajstić information content (AvgIpc) is 2.93. The van der Waals surface area contributed by atoms with Gasteiger partial charge in [-0.15, -0.1) is 0 Å². The first-order valence-corrected chi connectivity index (χ1v) is 15.2. The fraction of sp³-hybridized carbons (Fsp3) is 0.387. The summed E-state index contributed by atoms with van der Waals surface area (Å²) in [6.45, 7) is 8.11. The fourth-order valence-electron chi connectivity index (χ4n) is 4.62. The van der Waals surface area contributed by atoms with Crippen molar-refractivity contribution in [3.63, 3.8) is 0 Å². The van der Waals surface area contributed by atoms with Gasteiger partial charge in [0.2, 0.25) is 10.0 Å². The van der Waals surface area contributed by atoms with Crippen LogP contribution in [0.3, 0.4) is 0 Å². The van der Waals surface area contributed by atoms with Gasteiger partial charge in [0.15, 0.2) is 0 Å². The first-order chi connectivity index (χ1) is 19.0. The summed E-state index contributed by atoms with van der Waals surface area (Å²) in [5.74, 6) is 0.671. The van der Waals surface area contributed by atoms with Crippen LogP contribution in [0.1, 0.15) is 74.5 Å². The minimum Gasteiger partial charge on any atom is -0.494 e. The van der Waals surface area contributed by atoms with Crippen molar-refractivity contribution >= 4 is 21.6 Å². The van der Waals surface area contributed by atoms with Crippen molar-refractivity contribution in [3.05, 3.63) is 83.4 Å². The van der Waals surface area contributed by atoms with Crippen molar-refractivity contribution in [1.82, 2.24) is 4.72 Å². The van der Waals surface area contributed by atoms with E-state index in [1.54, 1.807) is 68.4 Å². The Labute approximate surface area is 236 Å². The number of aliphatic hydroxyl groups excluding tert-OH is 1. The van der Waals surface area contributed by atoms with Gasteiger partial charge in [-0.2, -0.15) is 0 Å². The van der Waals surface area contributed by atoms with E-state index in [0.717, 1.165) is 31.2 Å². The second-order valence-corrected chi connectivity index (χ2v) is 12.3. The number of unbranched alkanes of at least 4 members (excludes halogenated alkanes) is 2. The number of hydrogen-bond acceptors (Lipinski definition) is 6. The number of sulfonamides is 1. The largest absolute Gasteiger partial charge is 0.494 e. The Hall–Kier alpha value is -3.40. The Kier molecular flexibility index (Phi) is 9.18. The lowest BCUT2D eigenvalue weighted by Crippen LogP contribution is -2.53. The van der Waals surface area contributed by atoms with Crippen LogP contribution in [-0.2, 0) is 16.4 Å². The summed E-state index contributed by atoms with van der Waals surface area (Å²) >= 11 is 0. The van der Waals surface area contributed by atoms with Crippen molar-refractivity contribution in [2.75, 3.05) is 11.9 Å². The smallest absolute Gasteiger partial charge is 0.255 e. The SMILES string of the molecule is CCCCCOc1cccc(NC(=O)c2ccc3c(c2)C(NS(=O)(=O)c2ccc(CC)cc2)C(O)C(C)(C)O3)c1. The van der Waals surface area contributed by atoms with Gasteiger partial charge in [-0.3, -0.25) is 4.79 Å². The van der Waals surface area contributed by atoms with Gasteiger partial charge in [0.05, 0.1) is 17.5 Å². The molecule has 3 aromatic carbocycles. The molecule has 0 radical (unpaired) electrons. The number of amides is 1. The molecule has 40 heavy (non-hydrogen) atoms. The number of aryl methyl sites for hydroxylation is 1. The van der Waals surface area contributed by atoms with Crippen LogP contribution in [0.25, 0.3) is 0 Å². The Morgan fingerprint density at radius 3 is 2.48 bits per heavy atom. The molecule has 0 aromatic heterocycles. The van der Waals surface area contributed by atoms with Crippen LogP contribution in [0.15, 0.2) is 71.6 Å². The van der Waals surface area contributed by atoms with Crippen LogP contribution < -0.4 is 19.5 Å². The van der Waals surface area contributed by atoms with E-state index in [1.165, 1.54) is 0 Å². The monoisotopic (exact) mass is 566 g/mol. The quantitative estimate of drug-likeness (QED) is 0.260. The van der Waals surface area contributed by atoms with Gasteiger partial charge in [-0.1, -0.05) is 44.9 Å². The molecule has 2 unspecified atom stereocenters. The molecular weight excluding hydrogens is 528 g/mol. The molecule has 3 N–H and O–H groups in total. The van der Waals surface area contributed by atoms with E-state index in [9.17, 15) is 18.3 Å². The van der Waals surface area contributed by atoms with Gasteiger partial charge in [-0.25, -0.2) is 13.1 Å². The summed E-state index contributed by atoms with van der Waals surface area (Å²) in [5, 5.41) is 14.0. The van der Waals surface area contributed by atoms with Gasteiger partial charge in [-0.05, 0) is 74.7 Å². The van der Waals surface area contributed by atoms with E-state index in [4.69, 9.17) is 9.47 Å². The molecular formula is C31H38N2O6S. The average molecular weight is 567 g/mol. The van der Waals surface area contributed by atoms with Gasteiger partial charge < -0.3 is 19.9 Å². The molecule has 2 atom stereocenters. The van der Waals surface area contributed by atoms with Crippen LogP contribution in [-0.4, -0.2) is 37.7 Å². The second kappa shape index (κ2) is 12.4. The Morgan fingerprint density at radius 2 is 1.77 bits per heavy atom. The van der Waals surface area contributed by atoms with Gasteiger partial charge in [0.1, 0.15) is 23.2 Å². The van der Waals surface area contributed by atoms with Gasteiger partial charge in [0.25, 0.3) is 5.91 Å². The highest BCUT2D eigenvalue weighted by Gasteiger charge is 2.44. The number of anilines is 1. The highest BCUT2D eigenvalue weighted by Crippen LogP contribution is 2.41. The summed E-state index contributed by atoms with van der Waals surface area (Å²) in [4.78, 5) is 13.3. The maximum absolute atomic E-state index is 13.3. The summed E-state index contributed by atoms with van der Waals surface area (Å²) in [6.07, 6.45) is 2.72. The van der Waals surface area contributed by atoms with E-state index in [-0.39, 0.29) is 10.8 Å². The summed E-state index contributed by atoms with van der Waals surface area (Å²) in [7, 11) is -3.99. The van der Waals surface area contributed by atoms with Crippen molar-refractivity contribution in [1.29, 1.82) is 0 Å². The fourth-order valence-corrected chi connectivity index (χ4v) is 5.84. The number of hydrogen-bond donors (Lipinski definition) is 3. The second-order valence-electron chi connectivity index (χ2n) is 10.5. The molecule has 0 bridgehead atoms. The molecule has 0 aliphatic carbocycles. The molecule has 0 saturated heterocycles. The number of benzene rings is 3. The third-order valence-corrected chi connectivity index (χ3v) is 8.50. The van der Waals surface area contributed by atoms with Crippen LogP contribution in [0.4, 0.5) is 5.69 Å². The van der Waals surface area contributed by atoms with Gasteiger partial charge in [0, 0.05) is 22.9 Å². The highest BCUT2D eigenvalue weighted by atomic mass is 32.2. The normalized spacial score (nSPS) is 17.9. The first-order valence-electron chi connectivity index (χ1n) is 13.7. The lowest BCUT2D eigenvalue weighted by Gasteiger charge is -2.42. The minimum atomic E-state index is -3.99. The predicted molar refractivity (Wildman–Crippen MR) is 155 cm³/mol. The topological polar surface area (TPSA) is 114 Å². The Morgan fingerprint density at radius 1 is 1.02 bits per heavy atom. The molecule has 9 heteroatoms. The molecule has 214 valence electrons. The number of aliphatic hydroxyl groups is 1. The third-order valence-electron chi connectivity index (χ3n) is 7.04. The Bertz CT molecular complexity index is 1440. The number of ether oxygens (including phenoxy) is 2. The van der Waals surface area contributed by atoms with E-state index >= 15 is 0 Å². The van der Waals surface area contributed by atoms with Crippen LogP contribution in [0.5, 0.6) is 11.5 Å². The summed E-state index contributed by atoms with van der Waals surface area (Å²) in [6, 6.07) is 17.6. The standard InChI is InChI=1S/C31H38N2O6S/c1-5-7-8-18-38-24-11-9-10-23(20-24)32-30(35)22-14-17-27-26(19-22)28(29(34)31(3,4)39-27)33-40(36,37)25-15-12-21(6-2)13-16-25/h9-17,19-20,28-29,33-34H,5-8,18H2,1-4H3,(H,32,35). The van der Waals surface area contributed by atoms with Crippen LogP contribution >= 0.6 is 0 Å². The zero-order valence-electron chi connectivity index (χ0n) is 23.4. The number of nitrogens with one attached hydrogen (secondary N) is 2. The van der Waals surface area contributed by atoms with Crippen molar-refractivity contribution in [3.8, 4) is 11.5 Å². The molecule has 0 spiro atoms. The first kappa shape index (κ1) is 29.6. The third kappa shape index (κ3) is 6.83. The highest BCUT2D eigenvalue weighted by molar-refractivity contribution is 7.89. The molecule has 0 fully saturated rings. The van der Waals surface area contributed by atoms with Gasteiger partial charge >= 0.3 is 0 Å². The molecule has 0 saturated carbocycles. The zero-order valence-corrected chi connectivity index (χ0v) is 24.3. The van der Waals surface area contributed by atoms with Crippen LogP contribution in [0, 0.1) is 0 Å². The lowest BCUT2D eigenvalue weighted by molar-refractivity contribution is -0.0603. The number of rotatable bonds is 11. The van der Waals surface area contributed by atoms with Crippen molar-refractivity contribution in [2.24, 2.45) is 0 Å². The van der Waals surface area contributed by atoms with E-state index < -0.39 is 27.8 Å². The predicted octanol–water partition coefficient (Wildman–Crippen LogP) is 5.62.